The molecule has 2 aromatic rings. The predicted octanol–water partition coefficient (Wildman–Crippen LogP) is 4.93. The van der Waals surface area contributed by atoms with Crippen LogP contribution in [0.5, 0.6) is 11.5 Å². The van der Waals surface area contributed by atoms with Gasteiger partial charge in [-0.25, -0.2) is 5.01 Å². The maximum Gasteiger partial charge on any atom is 0.262 e. The van der Waals surface area contributed by atoms with E-state index in [2.05, 4.69) is 5.10 Å². The summed E-state index contributed by atoms with van der Waals surface area (Å²) in [7, 11) is 4.81. The summed E-state index contributed by atoms with van der Waals surface area (Å²) in [5.41, 5.74) is 2.05. The Morgan fingerprint density at radius 3 is 2.47 bits per heavy atom. The number of hydrogen-bond acceptors (Lipinski definition) is 5. The average molecular weight is 486 g/mol. The van der Waals surface area contributed by atoms with Gasteiger partial charge in [-0.1, -0.05) is 50.6 Å². The Balaban J connectivity index is 1.96. The molecule has 182 valence electrons. The van der Waals surface area contributed by atoms with E-state index in [1.54, 1.807) is 33.4 Å². The molecule has 7 nitrogen and oxygen atoms in total. The molecule has 0 saturated heterocycles. The third-order valence-electron chi connectivity index (χ3n) is 5.63. The Labute approximate surface area is 206 Å². The van der Waals surface area contributed by atoms with Crippen molar-refractivity contribution in [3.05, 3.63) is 58.6 Å². The first-order valence-corrected chi connectivity index (χ1v) is 11.5. The summed E-state index contributed by atoms with van der Waals surface area (Å²) in [6.07, 6.45) is 0.788. The van der Waals surface area contributed by atoms with Crippen molar-refractivity contribution >= 4 is 29.1 Å². The van der Waals surface area contributed by atoms with Gasteiger partial charge in [-0.05, 0) is 29.7 Å². The van der Waals surface area contributed by atoms with Crippen molar-refractivity contribution in [2.24, 2.45) is 10.5 Å². The molecule has 2 aromatic carbocycles. The lowest BCUT2D eigenvalue weighted by Gasteiger charge is -2.27. The van der Waals surface area contributed by atoms with E-state index in [0.717, 1.165) is 11.1 Å². The van der Waals surface area contributed by atoms with Crippen LogP contribution in [0, 0.1) is 5.41 Å². The maximum atomic E-state index is 13.4. The second-order valence-electron chi connectivity index (χ2n) is 9.58. The van der Waals surface area contributed by atoms with Crippen LogP contribution in [0.25, 0.3) is 0 Å². The fraction of sp³-hybridized carbons (Fsp3) is 0.423. The third kappa shape index (κ3) is 5.89. The van der Waals surface area contributed by atoms with Gasteiger partial charge in [0.1, 0.15) is 18.0 Å². The predicted molar refractivity (Wildman–Crippen MR) is 133 cm³/mol. The van der Waals surface area contributed by atoms with Crippen molar-refractivity contribution in [1.29, 1.82) is 0 Å². The highest BCUT2D eigenvalue weighted by Crippen LogP contribution is 2.40. The largest absolute Gasteiger partial charge is 0.497 e. The molecule has 1 atom stereocenters. The minimum atomic E-state index is -0.435. The molecule has 0 bridgehead atoms. The zero-order chi connectivity index (χ0) is 25.0. The zero-order valence-corrected chi connectivity index (χ0v) is 21.3. The van der Waals surface area contributed by atoms with Crippen LogP contribution in [0.3, 0.4) is 0 Å². The van der Waals surface area contributed by atoms with E-state index >= 15 is 0 Å². The van der Waals surface area contributed by atoms with E-state index in [9.17, 15) is 9.59 Å². The third-order valence-corrected chi connectivity index (χ3v) is 5.96. The van der Waals surface area contributed by atoms with Crippen LogP contribution < -0.4 is 9.47 Å². The Morgan fingerprint density at radius 2 is 1.85 bits per heavy atom. The van der Waals surface area contributed by atoms with E-state index in [1.807, 2.05) is 51.1 Å². The van der Waals surface area contributed by atoms with Crippen LogP contribution in [0.15, 0.2) is 47.6 Å². The number of nitrogens with zero attached hydrogens (tertiary/aromatic N) is 3. The molecular weight excluding hydrogens is 454 g/mol. The Kier molecular flexibility index (Phi) is 7.87. The first-order valence-electron chi connectivity index (χ1n) is 11.1. The summed E-state index contributed by atoms with van der Waals surface area (Å²) in [5, 5.41) is 6.68. The smallest absolute Gasteiger partial charge is 0.262 e. The normalized spacial score (nSPS) is 15.7. The fourth-order valence-electron chi connectivity index (χ4n) is 3.89. The SMILES string of the molecule is COc1ccc(OC)c([C@@H]2CC(c3ccccc3Cl)=NN2C(=O)CN(C)C(=O)CC(C)(C)C)c1. The topological polar surface area (TPSA) is 71.4 Å². The molecule has 0 aliphatic carbocycles. The molecule has 0 radical (unpaired) electrons. The number of halogens is 1. The minimum Gasteiger partial charge on any atom is -0.497 e. The van der Waals surface area contributed by atoms with Gasteiger partial charge >= 0.3 is 0 Å². The average Bonchev–Trinajstić information content (AvgIpc) is 3.23. The van der Waals surface area contributed by atoms with E-state index in [0.29, 0.717) is 35.1 Å². The Bertz CT molecular complexity index is 1090. The van der Waals surface area contributed by atoms with Crippen molar-refractivity contribution in [1.82, 2.24) is 9.91 Å². The molecular formula is C26H32ClN3O4. The number of carbonyl (C=O) groups excluding carboxylic acids is 2. The van der Waals surface area contributed by atoms with Crippen LogP contribution in [-0.4, -0.2) is 55.2 Å². The van der Waals surface area contributed by atoms with Crippen molar-refractivity contribution in [2.75, 3.05) is 27.8 Å². The van der Waals surface area contributed by atoms with Crippen LogP contribution in [-0.2, 0) is 9.59 Å². The number of methoxy groups -OCH3 is 2. The molecule has 0 saturated carbocycles. The molecule has 1 heterocycles. The van der Waals surface area contributed by atoms with Crippen LogP contribution >= 0.6 is 11.6 Å². The Morgan fingerprint density at radius 1 is 1.15 bits per heavy atom. The minimum absolute atomic E-state index is 0.0863. The van der Waals surface area contributed by atoms with Gasteiger partial charge in [-0.15, -0.1) is 0 Å². The van der Waals surface area contributed by atoms with Gasteiger partial charge in [0, 0.05) is 36.0 Å². The number of rotatable bonds is 7. The first kappa shape index (κ1) is 25.6. The van der Waals surface area contributed by atoms with E-state index in [-0.39, 0.29) is 23.8 Å². The summed E-state index contributed by atoms with van der Waals surface area (Å²) in [5.74, 6) is 0.885. The number of hydrogen-bond donors (Lipinski definition) is 0. The summed E-state index contributed by atoms with van der Waals surface area (Å²) in [6.45, 7) is 5.89. The monoisotopic (exact) mass is 485 g/mol. The zero-order valence-electron chi connectivity index (χ0n) is 20.6. The molecule has 2 amide bonds. The molecule has 1 aliphatic rings. The molecule has 0 N–H and O–H groups in total. The highest BCUT2D eigenvalue weighted by atomic mass is 35.5. The standard InChI is InChI=1S/C26H32ClN3O4/c1-26(2,3)15-24(31)29(4)16-25(32)30-22(19-13-17(33-5)11-12-23(19)34-6)14-21(28-30)18-9-7-8-10-20(18)27/h7-13,22H,14-16H2,1-6H3/t22-/m0/s1. The van der Waals surface area contributed by atoms with E-state index < -0.39 is 6.04 Å². The van der Waals surface area contributed by atoms with Gasteiger partial charge in [0.2, 0.25) is 5.91 Å². The van der Waals surface area contributed by atoms with Crippen LogP contribution in [0.2, 0.25) is 5.02 Å². The molecule has 0 unspecified atom stereocenters. The van der Waals surface area contributed by atoms with Crippen molar-refractivity contribution in [3.63, 3.8) is 0 Å². The second kappa shape index (κ2) is 10.5. The fourth-order valence-corrected chi connectivity index (χ4v) is 4.14. The first-order chi connectivity index (χ1) is 16.0. The molecule has 0 fully saturated rings. The number of carbonyl (C=O) groups is 2. The summed E-state index contributed by atoms with van der Waals surface area (Å²) in [4.78, 5) is 27.5. The van der Waals surface area contributed by atoms with E-state index in [4.69, 9.17) is 21.1 Å². The van der Waals surface area contributed by atoms with Gasteiger partial charge in [0.25, 0.3) is 5.91 Å². The van der Waals surface area contributed by atoms with Crippen LogP contribution in [0.1, 0.15) is 50.8 Å². The van der Waals surface area contributed by atoms with Crippen molar-refractivity contribution in [2.45, 2.75) is 39.7 Å². The van der Waals surface area contributed by atoms with Crippen LogP contribution in [0.4, 0.5) is 0 Å². The maximum absolute atomic E-state index is 13.4. The molecule has 3 rings (SSSR count). The van der Waals surface area contributed by atoms with Gasteiger partial charge in [-0.3, -0.25) is 9.59 Å². The number of hydrazone groups is 1. The lowest BCUT2D eigenvalue weighted by atomic mass is 9.92. The summed E-state index contributed by atoms with van der Waals surface area (Å²) < 4.78 is 11.0. The quantitative estimate of drug-likeness (QED) is 0.557. The highest BCUT2D eigenvalue weighted by Gasteiger charge is 2.36. The Hall–Kier alpha value is -3.06. The van der Waals surface area contributed by atoms with Gasteiger partial charge < -0.3 is 14.4 Å². The second-order valence-corrected chi connectivity index (χ2v) is 9.99. The lowest BCUT2D eigenvalue weighted by molar-refractivity contribution is -0.141. The lowest BCUT2D eigenvalue weighted by Crippen LogP contribution is -2.40. The van der Waals surface area contributed by atoms with Crippen molar-refractivity contribution < 1.29 is 19.1 Å². The number of ether oxygens (including phenoxy) is 2. The van der Waals surface area contributed by atoms with Crippen molar-refractivity contribution in [3.8, 4) is 11.5 Å². The number of likely N-dealkylation sites (N-methyl/N-ethyl adjacent to an activating group) is 1. The van der Waals surface area contributed by atoms with Gasteiger partial charge in [0.05, 0.1) is 26.0 Å². The summed E-state index contributed by atoms with van der Waals surface area (Å²) >= 11 is 6.44. The number of benzene rings is 2. The molecule has 1 aliphatic heterocycles. The molecule has 34 heavy (non-hydrogen) atoms. The highest BCUT2D eigenvalue weighted by molar-refractivity contribution is 6.34. The molecule has 0 spiro atoms. The summed E-state index contributed by atoms with van der Waals surface area (Å²) in [6, 6.07) is 12.4. The van der Waals surface area contributed by atoms with Gasteiger partial charge in [-0.2, -0.15) is 5.10 Å². The number of amides is 2. The van der Waals surface area contributed by atoms with Gasteiger partial charge in [0.15, 0.2) is 0 Å². The molecule has 0 aromatic heterocycles. The molecule has 8 heteroatoms. The van der Waals surface area contributed by atoms with E-state index in [1.165, 1.54) is 9.91 Å².